The average molecular weight is 429 g/mol. The molecular formula is C19H22F3N3O3S. The predicted octanol–water partition coefficient (Wildman–Crippen LogP) is 3.32. The lowest BCUT2D eigenvalue weighted by Crippen LogP contribution is -2.42. The van der Waals surface area contributed by atoms with Gasteiger partial charge in [0.15, 0.2) is 11.6 Å². The minimum atomic E-state index is -4.36. The summed E-state index contributed by atoms with van der Waals surface area (Å²) in [7, 11) is -4.36. The minimum absolute atomic E-state index is 0. The van der Waals surface area contributed by atoms with E-state index >= 15 is 0 Å². The summed E-state index contributed by atoms with van der Waals surface area (Å²) in [6.07, 6.45) is 0.135. The van der Waals surface area contributed by atoms with E-state index in [9.17, 15) is 21.6 Å². The predicted molar refractivity (Wildman–Crippen MR) is 105 cm³/mol. The summed E-state index contributed by atoms with van der Waals surface area (Å²) in [5, 5.41) is 3.15. The van der Waals surface area contributed by atoms with Crippen LogP contribution in [0.4, 0.5) is 30.2 Å². The Kier molecular flexibility index (Phi) is 6.06. The van der Waals surface area contributed by atoms with E-state index in [1.165, 1.54) is 6.07 Å². The van der Waals surface area contributed by atoms with Gasteiger partial charge in [0.1, 0.15) is 11.5 Å². The van der Waals surface area contributed by atoms with E-state index < -0.39 is 33.3 Å². The number of halogens is 3. The summed E-state index contributed by atoms with van der Waals surface area (Å²) in [6, 6.07) is 6.40. The zero-order valence-corrected chi connectivity index (χ0v) is 15.6. The molecule has 29 heavy (non-hydrogen) atoms. The van der Waals surface area contributed by atoms with Crippen molar-refractivity contribution in [1.82, 2.24) is 5.32 Å². The van der Waals surface area contributed by atoms with Crippen molar-refractivity contribution in [2.45, 2.75) is 20.0 Å². The molecule has 10 heteroatoms. The van der Waals surface area contributed by atoms with Gasteiger partial charge in [-0.15, -0.1) is 0 Å². The second-order valence-electron chi connectivity index (χ2n) is 6.53. The van der Waals surface area contributed by atoms with Crippen LogP contribution >= 0.6 is 0 Å². The monoisotopic (exact) mass is 429 g/mol. The van der Waals surface area contributed by atoms with Crippen LogP contribution in [0.2, 0.25) is 0 Å². The number of morpholine rings is 1. The molecule has 6 nitrogen and oxygen atoms in total. The first kappa shape index (κ1) is 21.4. The summed E-state index contributed by atoms with van der Waals surface area (Å²) in [5.41, 5.74) is -0.687. The van der Waals surface area contributed by atoms with E-state index in [4.69, 9.17) is 4.74 Å². The lowest BCUT2D eigenvalue weighted by molar-refractivity contribution is 0.0254. The summed E-state index contributed by atoms with van der Waals surface area (Å²) < 4.78 is 76.0. The van der Waals surface area contributed by atoms with Gasteiger partial charge in [0, 0.05) is 25.7 Å². The minimum Gasteiger partial charge on any atom is -0.376 e. The van der Waals surface area contributed by atoms with Crippen LogP contribution in [0.15, 0.2) is 36.4 Å². The molecule has 1 saturated heterocycles. The van der Waals surface area contributed by atoms with Gasteiger partial charge in [-0.1, -0.05) is 13.5 Å². The third-order valence-corrected chi connectivity index (χ3v) is 6.51. The van der Waals surface area contributed by atoms with Crippen LogP contribution in [0, 0.1) is 17.5 Å². The quantitative estimate of drug-likeness (QED) is 0.810. The maximum Gasteiger partial charge on any atom is 0.331 e. The van der Waals surface area contributed by atoms with E-state index in [0.29, 0.717) is 30.4 Å². The molecule has 0 radical (unpaired) electrons. The van der Waals surface area contributed by atoms with Crippen molar-refractivity contribution >= 4 is 27.3 Å². The van der Waals surface area contributed by atoms with Crippen LogP contribution in [0.25, 0.3) is 0 Å². The summed E-state index contributed by atoms with van der Waals surface area (Å²) in [5.74, 6) is -2.70. The standard InChI is InChI=1S/C18H18F3N3O3S.CH4/c19-12-4-5-16-17(10-12)23(8-6-13-11-22-7-9-27-13)28(25,26)24(16)18-14(20)2-1-3-15(18)21;/h1-5,10,13,22H,6-9,11H2;1H4/t13-;/m1./s1. The molecule has 2 aliphatic rings. The van der Waals surface area contributed by atoms with Gasteiger partial charge in [-0.05, 0) is 30.7 Å². The SMILES string of the molecule is C.O=S1(=O)N(CC[C@@H]2CNCCO2)c2cc(F)ccc2N1c1c(F)cccc1F. The Hall–Kier alpha value is -2.30. The summed E-state index contributed by atoms with van der Waals surface area (Å²) in [6.45, 7) is 1.77. The molecule has 2 aliphatic heterocycles. The second kappa shape index (κ2) is 8.21. The van der Waals surface area contributed by atoms with Gasteiger partial charge in [0.25, 0.3) is 0 Å². The molecule has 0 unspecified atom stereocenters. The second-order valence-corrected chi connectivity index (χ2v) is 8.23. The molecule has 1 atom stereocenters. The molecule has 2 aromatic rings. The first-order chi connectivity index (χ1) is 13.4. The van der Waals surface area contributed by atoms with Crippen LogP contribution in [0.3, 0.4) is 0 Å². The Morgan fingerprint density at radius 3 is 2.48 bits per heavy atom. The van der Waals surface area contributed by atoms with E-state index in [0.717, 1.165) is 34.6 Å². The molecule has 0 amide bonds. The summed E-state index contributed by atoms with van der Waals surface area (Å²) >= 11 is 0. The van der Waals surface area contributed by atoms with Crippen LogP contribution < -0.4 is 13.9 Å². The highest BCUT2D eigenvalue weighted by Gasteiger charge is 2.43. The van der Waals surface area contributed by atoms with Crippen molar-refractivity contribution in [1.29, 1.82) is 0 Å². The molecular weight excluding hydrogens is 407 g/mol. The fourth-order valence-corrected chi connectivity index (χ4v) is 5.17. The Bertz CT molecular complexity index is 977. The largest absolute Gasteiger partial charge is 0.376 e. The lowest BCUT2D eigenvalue weighted by Gasteiger charge is -2.27. The van der Waals surface area contributed by atoms with Gasteiger partial charge in [-0.3, -0.25) is 4.31 Å². The van der Waals surface area contributed by atoms with Crippen molar-refractivity contribution in [3.05, 3.63) is 53.8 Å². The topological polar surface area (TPSA) is 61.9 Å². The molecule has 4 rings (SSSR count). The number of rotatable bonds is 4. The van der Waals surface area contributed by atoms with Crippen molar-refractivity contribution in [2.75, 3.05) is 34.9 Å². The van der Waals surface area contributed by atoms with E-state index in [1.807, 2.05) is 0 Å². The lowest BCUT2D eigenvalue weighted by atomic mass is 10.2. The van der Waals surface area contributed by atoms with Crippen LogP contribution in [0.5, 0.6) is 0 Å². The molecule has 0 saturated carbocycles. The van der Waals surface area contributed by atoms with Crippen LogP contribution in [-0.4, -0.2) is 40.8 Å². The molecule has 0 aliphatic carbocycles. The van der Waals surface area contributed by atoms with Gasteiger partial charge in [-0.25, -0.2) is 17.5 Å². The fraction of sp³-hybridized carbons (Fsp3) is 0.368. The van der Waals surface area contributed by atoms with Crippen molar-refractivity contribution in [3.8, 4) is 0 Å². The molecule has 2 heterocycles. The smallest absolute Gasteiger partial charge is 0.331 e. The third kappa shape index (κ3) is 3.79. The molecule has 2 aromatic carbocycles. The van der Waals surface area contributed by atoms with Gasteiger partial charge < -0.3 is 10.1 Å². The molecule has 0 aromatic heterocycles. The van der Waals surface area contributed by atoms with Gasteiger partial charge in [0.2, 0.25) is 0 Å². The highest BCUT2D eigenvalue weighted by molar-refractivity contribution is 7.95. The van der Waals surface area contributed by atoms with Crippen molar-refractivity contribution < 1.29 is 26.3 Å². The Morgan fingerprint density at radius 2 is 1.83 bits per heavy atom. The number of ether oxygens (including phenoxy) is 1. The zero-order chi connectivity index (χ0) is 19.9. The van der Waals surface area contributed by atoms with Crippen molar-refractivity contribution in [3.63, 3.8) is 0 Å². The Balaban J connectivity index is 0.00000240. The first-order valence-corrected chi connectivity index (χ1v) is 10.2. The van der Waals surface area contributed by atoms with Gasteiger partial charge >= 0.3 is 10.2 Å². The maximum absolute atomic E-state index is 14.4. The van der Waals surface area contributed by atoms with Crippen LogP contribution in [0.1, 0.15) is 13.8 Å². The first-order valence-electron chi connectivity index (χ1n) is 8.78. The van der Waals surface area contributed by atoms with Crippen molar-refractivity contribution in [2.24, 2.45) is 0 Å². The van der Waals surface area contributed by atoms with E-state index in [-0.39, 0.29) is 31.5 Å². The number of nitrogens with zero attached hydrogens (tertiary/aromatic N) is 2. The average Bonchev–Trinajstić information content (AvgIpc) is 2.87. The van der Waals surface area contributed by atoms with Crippen LogP contribution in [-0.2, 0) is 14.9 Å². The molecule has 158 valence electrons. The molecule has 0 spiro atoms. The fourth-order valence-electron chi connectivity index (χ4n) is 3.44. The Labute approximate surface area is 168 Å². The highest BCUT2D eigenvalue weighted by Crippen LogP contribution is 2.47. The van der Waals surface area contributed by atoms with Gasteiger partial charge in [-0.2, -0.15) is 8.42 Å². The number of nitrogens with one attached hydrogen (secondary N) is 1. The third-order valence-electron chi connectivity index (χ3n) is 4.73. The number of hydrogen-bond donors (Lipinski definition) is 1. The number of benzene rings is 2. The molecule has 0 bridgehead atoms. The Morgan fingerprint density at radius 1 is 1.10 bits per heavy atom. The molecule has 1 fully saturated rings. The number of para-hydroxylation sites is 1. The number of fused-ring (bicyclic) bond motifs is 1. The molecule has 1 N–H and O–H groups in total. The number of anilines is 3. The van der Waals surface area contributed by atoms with Gasteiger partial charge in [0.05, 0.1) is 24.1 Å². The normalized spacial score (nSPS) is 20.3. The maximum atomic E-state index is 14.4. The highest BCUT2D eigenvalue weighted by atomic mass is 32.2. The summed E-state index contributed by atoms with van der Waals surface area (Å²) in [4.78, 5) is 0. The van der Waals surface area contributed by atoms with E-state index in [1.54, 1.807) is 0 Å². The number of hydrogen-bond acceptors (Lipinski definition) is 4. The van der Waals surface area contributed by atoms with E-state index in [2.05, 4.69) is 5.32 Å². The zero-order valence-electron chi connectivity index (χ0n) is 14.7.